The van der Waals surface area contributed by atoms with Gasteiger partial charge in [-0.05, 0) is 48.2 Å². The molecule has 4 rings (SSSR count). The molecule has 7 heteroatoms. The first kappa shape index (κ1) is 23.4. The second kappa shape index (κ2) is 10.9. The van der Waals surface area contributed by atoms with Crippen molar-refractivity contribution in [2.24, 2.45) is 5.92 Å². The molecule has 176 valence electrons. The van der Waals surface area contributed by atoms with E-state index in [-0.39, 0.29) is 29.6 Å². The summed E-state index contributed by atoms with van der Waals surface area (Å²) in [5.74, 6) is -0.826. The minimum atomic E-state index is -0.379. The predicted octanol–water partition coefficient (Wildman–Crippen LogP) is 4.16. The van der Waals surface area contributed by atoms with Gasteiger partial charge >= 0.3 is 6.03 Å². The number of nitrogens with zero attached hydrogens (tertiary/aromatic N) is 2. The maximum absolute atomic E-state index is 13.9. The number of piperidine rings is 1. The highest BCUT2D eigenvalue weighted by molar-refractivity contribution is 5.81. The Morgan fingerprint density at radius 2 is 1.79 bits per heavy atom. The molecule has 34 heavy (non-hydrogen) atoms. The van der Waals surface area contributed by atoms with E-state index in [9.17, 15) is 14.0 Å². The van der Waals surface area contributed by atoms with Gasteiger partial charge in [0.1, 0.15) is 5.82 Å². The molecule has 2 aromatic carbocycles. The number of likely N-dealkylation sites (tertiary alicyclic amines) is 1. The Balaban J connectivity index is 1.47. The first-order chi connectivity index (χ1) is 16.5. The van der Waals surface area contributed by atoms with E-state index in [4.69, 9.17) is 0 Å². The van der Waals surface area contributed by atoms with E-state index in [0.29, 0.717) is 38.2 Å². The number of pyridine rings is 1. The van der Waals surface area contributed by atoms with Gasteiger partial charge in [0.15, 0.2) is 0 Å². The minimum Gasteiger partial charge on any atom is -0.350 e. The van der Waals surface area contributed by atoms with Crippen LogP contribution < -0.4 is 10.6 Å². The summed E-state index contributed by atoms with van der Waals surface area (Å²) >= 11 is 0. The summed E-state index contributed by atoms with van der Waals surface area (Å²) < 4.78 is 13.9. The Morgan fingerprint density at radius 1 is 1.00 bits per heavy atom. The van der Waals surface area contributed by atoms with Gasteiger partial charge in [0.05, 0.1) is 18.2 Å². The average Bonchev–Trinajstić information content (AvgIpc) is 2.88. The molecule has 1 aliphatic heterocycles. The molecule has 0 bridgehead atoms. The Bertz CT molecular complexity index is 1060. The normalized spacial score (nSPS) is 17.8. The largest absolute Gasteiger partial charge is 0.350 e. The lowest BCUT2D eigenvalue weighted by Crippen LogP contribution is -2.50. The monoisotopic (exact) mass is 460 g/mol. The minimum absolute atomic E-state index is 0.0684. The van der Waals surface area contributed by atoms with Crippen molar-refractivity contribution in [1.29, 1.82) is 0 Å². The van der Waals surface area contributed by atoms with Crippen LogP contribution in [0.1, 0.15) is 34.7 Å². The molecule has 0 spiro atoms. The van der Waals surface area contributed by atoms with Gasteiger partial charge in [-0.1, -0.05) is 48.5 Å². The standard InChI is InChI=1S/C27H29FN4O2/c1-19-13-21(10-11-25(19)28)22-14-23(26(33)30-16-24-9-5-6-12-29-24)18-32(17-22)27(34)31-15-20-7-3-2-4-8-20/h2-13,22-23H,14-18H2,1H3,(H,30,33)(H,31,34)/t22-,23+/m0/s1. The first-order valence-corrected chi connectivity index (χ1v) is 11.5. The van der Waals surface area contributed by atoms with Gasteiger partial charge in [-0.25, -0.2) is 9.18 Å². The van der Waals surface area contributed by atoms with E-state index in [1.807, 2.05) is 54.6 Å². The van der Waals surface area contributed by atoms with E-state index < -0.39 is 0 Å². The van der Waals surface area contributed by atoms with Crippen LogP contribution in [0.15, 0.2) is 72.9 Å². The summed E-state index contributed by atoms with van der Waals surface area (Å²) in [7, 11) is 0. The molecule has 1 saturated heterocycles. The Hall–Kier alpha value is -3.74. The summed E-state index contributed by atoms with van der Waals surface area (Å²) in [6.07, 6.45) is 2.27. The average molecular weight is 461 g/mol. The van der Waals surface area contributed by atoms with Crippen LogP contribution in [0.25, 0.3) is 0 Å². The highest BCUT2D eigenvalue weighted by atomic mass is 19.1. The van der Waals surface area contributed by atoms with E-state index >= 15 is 0 Å². The van der Waals surface area contributed by atoms with Crippen molar-refractivity contribution in [3.05, 3.63) is 101 Å². The fourth-order valence-electron chi connectivity index (χ4n) is 4.33. The quantitative estimate of drug-likeness (QED) is 0.580. The molecule has 0 unspecified atom stereocenters. The lowest BCUT2D eigenvalue weighted by molar-refractivity contribution is -0.126. The van der Waals surface area contributed by atoms with Gasteiger partial charge in [-0.2, -0.15) is 0 Å². The van der Waals surface area contributed by atoms with Gasteiger partial charge in [0, 0.05) is 31.7 Å². The number of benzene rings is 2. The summed E-state index contributed by atoms with van der Waals surface area (Å²) in [5, 5.41) is 5.92. The van der Waals surface area contributed by atoms with Crippen LogP contribution in [-0.2, 0) is 17.9 Å². The lowest BCUT2D eigenvalue weighted by Gasteiger charge is -2.37. The number of nitrogens with one attached hydrogen (secondary N) is 2. The maximum Gasteiger partial charge on any atom is 0.317 e. The molecule has 6 nitrogen and oxygen atoms in total. The van der Waals surface area contributed by atoms with Crippen molar-refractivity contribution in [2.45, 2.75) is 32.4 Å². The zero-order chi connectivity index (χ0) is 23.9. The fraction of sp³-hybridized carbons (Fsp3) is 0.296. The topological polar surface area (TPSA) is 74.3 Å². The van der Waals surface area contributed by atoms with Gasteiger partial charge in [-0.3, -0.25) is 9.78 Å². The number of urea groups is 1. The second-order valence-corrected chi connectivity index (χ2v) is 8.73. The molecular weight excluding hydrogens is 431 g/mol. The van der Waals surface area contributed by atoms with E-state index in [0.717, 1.165) is 16.8 Å². The number of carbonyl (C=O) groups excluding carboxylic acids is 2. The number of hydrogen-bond donors (Lipinski definition) is 2. The molecule has 3 amide bonds. The van der Waals surface area contributed by atoms with Gasteiger partial charge in [-0.15, -0.1) is 0 Å². The van der Waals surface area contributed by atoms with E-state index in [1.54, 1.807) is 24.1 Å². The summed E-state index contributed by atoms with van der Waals surface area (Å²) in [5.41, 5.74) is 3.26. The fourth-order valence-corrected chi connectivity index (χ4v) is 4.33. The van der Waals surface area contributed by atoms with Crippen molar-refractivity contribution < 1.29 is 14.0 Å². The van der Waals surface area contributed by atoms with Crippen LogP contribution in [0, 0.1) is 18.7 Å². The zero-order valence-corrected chi connectivity index (χ0v) is 19.2. The van der Waals surface area contributed by atoms with Crippen LogP contribution in [0.5, 0.6) is 0 Å². The lowest BCUT2D eigenvalue weighted by atomic mass is 9.83. The van der Waals surface area contributed by atoms with Crippen LogP contribution in [-0.4, -0.2) is 34.9 Å². The Labute approximate surface area is 199 Å². The molecule has 2 atom stereocenters. The number of halogens is 1. The third kappa shape index (κ3) is 5.98. The number of aryl methyl sites for hydroxylation is 1. The molecule has 2 heterocycles. The summed E-state index contributed by atoms with van der Waals surface area (Å²) in [6, 6.07) is 20.1. The SMILES string of the molecule is Cc1cc([C@H]2C[C@@H](C(=O)NCc3ccccn3)CN(C(=O)NCc3ccccc3)C2)ccc1F. The molecule has 3 aromatic rings. The number of amides is 3. The van der Waals surface area contributed by atoms with Crippen LogP contribution >= 0.6 is 0 Å². The molecule has 1 fully saturated rings. The molecule has 0 radical (unpaired) electrons. The zero-order valence-electron chi connectivity index (χ0n) is 19.2. The summed E-state index contributed by atoms with van der Waals surface area (Å²) in [4.78, 5) is 32.0. The summed E-state index contributed by atoms with van der Waals surface area (Å²) in [6.45, 7) is 3.26. The maximum atomic E-state index is 13.9. The number of hydrogen-bond acceptors (Lipinski definition) is 3. The molecule has 2 N–H and O–H groups in total. The number of rotatable bonds is 6. The van der Waals surface area contributed by atoms with Crippen LogP contribution in [0.2, 0.25) is 0 Å². The third-order valence-corrected chi connectivity index (χ3v) is 6.22. The van der Waals surface area contributed by atoms with Crippen molar-refractivity contribution >= 4 is 11.9 Å². The van der Waals surface area contributed by atoms with E-state index in [1.165, 1.54) is 6.07 Å². The smallest absolute Gasteiger partial charge is 0.317 e. The predicted molar refractivity (Wildman–Crippen MR) is 128 cm³/mol. The first-order valence-electron chi connectivity index (χ1n) is 11.5. The molecule has 0 saturated carbocycles. The Morgan fingerprint density at radius 3 is 2.53 bits per heavy atom. The second-order valence-electron chi connectivity index (χ2n) is 8.73. The van der Waals surface area contributed by atoms with Gasteiger partial charge in [0.2, 0.25) is 5.91 Å². The van der Waals surface area contributed by atoms with Gasteiger partial charge < -0.3 is 15.5 Å². The van der Waals surface area contributed by atoms with Gasteiger partial charge in [0.25, 0.3) is 0 Å². The Kier molecular flexibility index (Phi) is 7.52. The highest BCUT2D eigenvalue weighted by Gasteiger charge is 2.34. The molecular formula is C27H29FN4O2. The van der Waals surface area contributed by atoms with Crippen LogP contribution in [0.3, 0.4) is 0 Å². The van der Waals surface area contributed by atoms with Crippen molar-refractivity contribution in [3.8, 4) is 0 Å². The van der Waals surface area contributed by atoms with Crippen molar-refractivity contribution in [3.63, 3.8) is 0 Å². The molecule has 1 aromatic heterocycles. The van der Waals surface area contributed by atoms with Crippen molar-refractivity contribution in [1.82, 2.24) is 20.5 Å². The number of carbonyl (C=O) groups is 2. The highest BCUT2D eigenvalue weighted by Crippen LogP contribution is 2.31. The number of aromatic nitrogens is 1. The van der Waals surface area contributed by atoms with E-state index in [2.05, 4.69) is 15.6 Å². The van der Waals surface area contributed by atoms with Crippen LogP contribution in [0.4, 0.5) is 9.18 Å². The third-order valence-electron chi connectivity index (χ3n) is 6.22. The molecule has 0 aliphatic carbocycles. The molecule has 1 aliphatic rings. The van der Waals surface area contributed by atoms with Crippen molar-refractivity contribution in [2.75, 3.05) is 13.1 Å².